The van der Waals surface area contributed by atoms with Crippen LogP contribution >= 0.6 is 0 Å². The molecule has 0 spiro atoms. The molecular formula is C27H25N5O2. The Hall–Kier alpha value is -4.26. The van der Waals surface area contributed by atoms with Crippen LogP contribution in [0.2, 0.25) is 0 Å². The molecule has 0 saturated carbocycles. The van der Waals surface area contributed by atoms with E-state index in [0.29, 0.717) is 18.7 Å². The second kappa shape index (κ2) is 9.31. The molecule has 170 valence electrons. The first-order chi connectivity index (χ1) is 16.6. The van der Waals surface area contributed by atoms with Crippen LogP contribution in [0.3, 0.4) is 0 Å². The molecule has 1 aliphatic rings. The van der Waals surface area contributed by atoms with Crippen molar-refractivity contribution in [2.45, 2.75) is 6.92 Å². The van der Waals surface area contributed by atoms with Crippen molar-refractivity contribution >= 4 is 34.2 Å². The highest BCUT2D eigenvalue weighted by Gasteiger charge is 2.25. The summed E-state index contributed by atoms with van der Waals surface area (Å²) in [7, 11) is 0. The summed E-state index contributed by atoms with van der Waals surface area (Å²) >= 11 is 0. The number of piperazine rings is 1. The molecule has 3 heterocycles. The highest BCUT2D eigenvalue weighted by Crippen LogP contribution is 2.27. The summed E-state index contributed by atoms with van der Waals surface area (Å²) in [5, 5.41) is 3.62. The molecule has 2 aromatic heterocycles. The Morgan fingerprint density at radius 1 is 0.882 bits per heavy atom. The summed E-state index contributed by atoms with van der Waals surface area (Å²) < 4.78 is 0. The van der Waals surface area contributed by atoms with E-state index in [1.165, 1.54) is 6.92 Å². The summed E-state index contributed by atoms with van der Waals surface area (Å²) in [5.74, 6) is 0.831. The first kappa shape index (κ1) is 21.6. The summed E-state index contributed by atoms with van der Waals surface area (Å²) in [4.78, 5) is 38.3. The Morgan fingerprint density at radius 3 is 2.32 bits per heavy atom. The molecule has 2 amide bonds. The van der Waals surface area contributed by atoms with Gasteiger partial charge in [-0.1, -0.05) is 36.4 Å². The summed E-state index contributed by atoms with van der Waals surface area (Å²) in [6.07, 6.45) is 1.79. The van der Waals surface area contributed by atoms with Gasteiger partial charge in [-0.3, -0.25) is 9.59 Å². The van der Waals surface area contributed by atoms with Crippen molar-refractivity contribution in [1.82, 2.24) is 14.9 Å². The van der Waals surface area contributed by atoms with Gasteiger partial charge < -0.3 is 15.1 Å². The zero-order valence-corrected chi connectivity index (χ0v) is 18.9. The number of carbonyl (C=O) groups is 2. The largest absolute Gasteiger partial charge is 0.353 e. The van der Waals surface area contributed by atoms with Gasteiger partial charge in [0.25, 0.3) is 5.91 Å². The van der Waals surface area contributed by atoms with Crippen molar-refractivity contribution in [3.8, 4) is 11.3 Å². The summed E-state index contributed by atoms with van der Waals surface area (Å²) in [6.45, 7) is 4.22. The molecule has 0 bridgehead atoms. The van der Waals surface area contributed by atoms with Gasteiger partial charge in [0.15, 0.2) is 0 Å². The molecule has 2 aromatic carbocycles. The molecule has 1 N–H and O–H groups in total. The highest BCUT2D eigenvalue weighted by molar-refractivity contribution is 6.07. The van der Waals surface area contributed by atoms with Gasteiger partial charge in [-0.2, -0.15) is 0 Å². The van der Waals surface area contributed by atoms with Crippen molar-refractivity contribution in [3.63, 3.8) is 0 Å². The number of hydrogen-bond acceptors (Lipinski definition) is 5. The van der Waals surface area contributed by atoms with Crippen molar-refractivity contribution < 1.29 is 9.59 Å². The quantitative estimate of drug-likeness (QED) is 0.503. The Morgan fingerprint density at radius 2 is 1.62 bits per heavy atom. The number of aromatic nitrogens is 2. The van der Waals surface area contributed by atoms with Gasteiger partial charge in [0.2, 0.25) is 5.91 Å². The zero-order chi connectivity index (χ0) is 23.5. The van der Waals surface area contributed by atoms with Gasteiger partial charge in [0, 0.05) is 55.9 Å². The van der Waals surface area contributed by atoms with Gasteiger partial charge in [-0.05, 0) is 36.4 Å². The highest BCUT2D eigenvalue weighted by atomic mass is 16.2. The van der Waals surface area contributed by atoms with E-state index in [9.17, 15) is 9.59 Å². The van der Waals surface area contributed by atoms with E-state index in [0.717, 1.165) is 46.8 Å². The van der Waals surface area contributed by atoms with Crippen LogP contribution in [-0.2, 0) is 4.79 Å². The topological polar surface area (TPSA) is 78.4 Å². The number of rotatable bonds is 4. The second-order valence-corrected chi connectivity index (χ2v) is 8.30. The molecule has 5 rings (SSSR count). The average Bonchev–Trinajstić information content (AvgIpc) is 2.88. The smallest absolute Gasteiger partial charge is 0.254 e. The van der Waals surface area contributed by atoms with Crippen LogP contribution in [0.25, 0.3) is 22.2 Å². The molecule has 0 radical (unpaired) electrons. The van der Waals surface area contributed by atoms with E-state index in [1.807, 2.05) is 77.7 Å². The molecule has 34 heavy (non-hydrogen) atoms. The minimum absolute atomic E-state index is 0.00962. The maximum Gasteiger partial charge on any atom is 0.254 e. The second-order valence-electron chi connectivity index (χ2n) is 8.30. The number of carbonyl (C=O) groups excluding carboxylic acids is 2. The number of benzene rings is 2. The number of nitrogens with one attached hydrogen (secondary N) is 1. The predicted molar refractivity (Wildman–Crippen MR) is 134 cm³/mol. The fraction of sp³-hybridized carbons (Fsp3) is 0.185. The molecule has 1 aliphatic heterocycles. The summed E-state index contributed by atoms with van der Waals surface area (Å²) in [5.41, 5.74) is 3.76. The third-order valence-corrected chi connectivity index (χ3v) is 5.99. The third-order valence-electron chi connectivity index (χ3n) is 5.99. The van der Waals surface area contributed by atoms with Crippen LogP contribution in [0.4, 0.5) is 11.5 Å². The molecule has 1 fully saturated rings. The summed E-state index contributed by atoms with van der Waals surface area (Å²) in [6, 6.07) is 23.0. The fourth-order valence-electron chi connectivity index (χ4n) is 4.28. The van der Waals surface area contributed by atoms with Gasteiger partial charge in [-0.15, -0.1) is 0 Å². The standard InChI is InChI=1S/C27H25N5O2/c1-19(33)29-21-11-9-20(10-12-21)25-18-23(22-6-2-3-7-24(22)30-25)27(34)32-16-14-31(15-17-32)26-8-4-5-13-28-26/h2-13,18H,14-17H2,1H3,(H,29,33). The van der Waals surface area contributed by atoms with E-state index in [1.54, 1.807) is 6.20 Å². The number of pyridine rings is 2. The normalized spacial score (nSPS) is 13.7. The Kier molecular flexibility index (Phi) is 5.91. The third kappa shape index (κ3) is 4.45. The van der Waals surface area contributed by atoms with Gasteiger partial charge >= 0.3 is 0 Å². The van der Waals surface area contributed by atoms with Crippen molar-refractivity contribution in [2.75, 3.05) is 36.4 Å². The Bertz CT molecular complexity index is 1330. The first-order valence-electron chi connectivity index (χ1n) is 11.3. The van der Waals surface area contributed by atoms with Crippen molar-refractivity contribution in [3.05, 3.63) is 84.6 Å². The van der Waals surface area contributed by atoms with E-state index < -0.39 is 0 Å². The molecule has 0 unspecified atom stereocenters. The minimum Gasteiger partial charge on any atom is -0.353 e. The van der Waals surface area contributed by atoms with E-state index in [4.69, 9.17) is 4.98 Å². The molecule has 7 nitrogen and oxygen atoms in total. The van der Waals surface area contributed by atoms with Crippen LogP contribution in [-0.4, -0.2) is 52.9 Å². The van der Waals surface area contributed by atoms with E-state index in [-0.39, 0.29) is 11.8 Å². The molecule has 0 atom stereocenters. The fourth-order valence-corrected chi connectivity index (χ4v) is 4.28. The number of hydrogen-bond donors (Lipinski definition) is 1. The lowest BCUT2D eigenvalue weighted by molar-refractivity contribution is -0.114. The average molecular weight is 452 g/mol. The van der Waals surface area contributed by atoms with Gasteiger partial charge in [0.05, 0.1) is 16.8 Å². The van der Waals surface area contributed by atoms with E-state index >= 15 is 0 Å². The van der Waals surface area contributed by atoms with Gasteiger partial charge in [-0.25, -0.2) is 9.97 Å². The Labute approximate surface area is 198 Å². The lowest BCUT2D eigenvalue weighted by Crippen LogP contribution is -2.49. The minimum atomic E-state index is -0.118. The number of amides is 2. The van der Waals surface area contributed by atoms with Crippen LogP contribution in [0.15, 0.2) is 79.0 Å². The Balaban J connectivity index is 1.42. The maximum absolute atomic E-state index is 13.6. The molecule has 4 aromatic rings. The van der Waals surface area contributed by atoms with Crippen LogP contribution in [0.1, 0.15) is 17.3 Å². The van der Waals surface area contributed by atoms with Gasteiger partial charge in [0.1, 0.15) is 5.82 Å². The number of para-hydroxylation sites is 1. The van der Waals surface area contributed by atoms with Crippen LogP contribution < -0.4 is 10.2 Å². The zero-order valence-electron chi connectivity index (χ0n) is 18.9. The predicted octanol–water partition coefficient (Wildman–Crippen LogP) is 4.22. The lowest BCUT2D eigenvalue weighted by Gasteiger charge is -2.35. The SMILES string of the molecule is CC(=O)Nc1ccc(-c2cc(C(=O)N3CCN(c4ccccn4)CC3)c3ccccc3n2)cc1. The van der Waals surface area contributed by atoms with Crippen molar-refractivity contribution in [1.29, 1.82) is 0 Å². The number of anilines is 2. The number of nitrogens with zero attached hydrogens (tertiary/aromatic N) is 4. The number of fused-ring (bicyclic) bond motifs is 1. The van der Waals surface area contributed by atoms with Crippen LogP contribution in [0, 0.1) is 0 Å². The molecule has 7 heteroatoms. The first-order valence-corrected chi connectivity index (χ1v) is 11.3. The van der Waals surface area contributed by atoms with Crippen molar-refractivity contribution in [2.24, 2.45) is 0 Å². The van der Waals surface area contributed by atoms with Crippen LogP contribution in [0.5, 0.6) is 0 Å². The monoisotopic (exact) mass is 451 g/mol. The van der Waals surface area contributed by atoms with E-state index in [2.05, 4.69) is 15.2 Å². The molecule has 0 aliphatic carbocycles. The maximum atomic E-state index is 13.6. The molecule has 1 saturated heterocycles. The lowest BCUT2D eigenvalue weighted by atomic mass is 10.0. The molecular weight excluding hydrogens is 426 g/mol.